The molecule has 0 amide bonds. The van der Waals surface area contributed by atoms with Gasteiger partial charge < -0.3 is 28.4 Å². The van der Waals surface area contributed by atoms with Crippen LogP contribution in [0.1, 0.15) is 55.5 Å². The van der Waals surface area contributed by atoms with E-state index in [1.54, 1.807) is 0 Å². The van der Waals surface area contributed by atoms with Gasteiger partial charge in [-0.2, -0.15) is 0 Å². The minimum Gasteiger partial charge on any atom is -0.491 e. The number of rotatable bonds is 15. The van der Waals surface area contributed by atoms with Crippen molar-refractivity contribution in [2.75, 3.05) is 39.8 Å². The molecule has 44 heavy (non-hydrogen) atoms. The minimum atomic E-state index is -0.413. The van der Waals surface area contributed by atoms with E-state index < -0.39 is 5.41 Å². The summed E-state index contributed by atoms with van der Waals surface area (Å²) in [5, 5.41) is 0. The monoisotopic (exact) mass is 594 g/mol. The molecule has 4 aromatic carbocycles. The van der Waals surface area contributed by atoms with E-state index in [4.69, 9.17) is 28.4 Å². The summed E-state index contributed by atoms with van der Waals surface area (Å²) < 4.78 is 33.5. The standard InChI is InChI=1S/C38H42O6/c1-5-39-26-44-34-20-14-31(15-21-34)38(4,30-12-18-33(19-13-30)41-23-36-25-43-36)29-8-6-27(7-9-29)37(2,3)28-10-16-32(17-11-28)40-22-35-24-42-35/h6-21,35-36H,5,22-26H2,1-4H3. The van der Waals surface area contributed by atoms with Gasteiger partial charge in [-0.05, 0) is 78.1 Å². The maximum atomic E-state index is 5.93. The first-order valence-corrected chi connectivity index (χ1v) is 15.5. The second-order valence-corrected chi connectivity index (χ2v) is 12.2. The fraction of sp³-hybridized carbons (Fsp3) is 0.368. The maximum absolute atomic E-state index is 5.93. The Kier molecular flexibility index (Phi) is 8.94. The van der Waals surface area contributed by atoms with Gasteiger partial charge in [0, 0.05) is 17.4 Å². The van der Waals surface area contributed by atoms with Gasteiger partial charge in [0.15, 0.2) is 6.79 Å². The fourth-order valence-electron chi connectivity index (χ4n) is 5.52. The van der Waals surface area contributed by atoms with Crippen LogP contribution in [0, 0.1) is 0 Å². The summed E-state index contributed by atoms with van der Waals surface area (Å²) in [4.78, 5) is 0. The lowest BCUT2D eigenvalue weighted by molar-refractivity contribution is 0.0224. The van der Waals surface area contributed by atoms with E-state index in [9.17, 15) is 0 Å². The van der Waals surface area contributed by atoms with Crippen molar-refractivity contribution in [3.05, 3.63) is 125 Å². The van der Waals surface area contributed by atoms with Gasteiger partial charge in [-0.1, -0.05) is 74.5 Å². The molecule has 0 N–H and O–H groups in total. The Hall–Kier alpha value is -3.84. The van der Waals surface area contributed by atoms with Crippen molar-refractivity contribution in [3.63, 3.8) is 0 Å². The summed E-state index contributed by atoms with van der Waals surface area (Å²) in [6, 6.07) is 34.2. The third-order valence-electron chi connectivity index (χ3n) is 8.81. The number of hydrogen-bond donors (Lipinski definition) is 0. The third-order valence-corrected chi connectivity index (χ3v) is 8.81. The zero-order valence-electron chi connectivity index (χ0n) is 26.1. The van der Waals surface area contributed by atoms with Crippen LogP contribution in [0.3, 0.4) is 0 Å². The van der Waals surface area contributed by atoms with Crippen molar-refractivity contribution >= 4 is 0 Å². The summed E-state index contributed by atoms with van der Waals surface area (Å²) in [6.07, 6.45) is 0.468. The Bertz CT molecular complexity index is 1490. The van der Waals surface area contributed by atoms with E-state index in [1.165, 1.54) is 27.8 Å². The van der Waals surface area contributed by atoms with Gasteiger partial charge in [0.05, 0.1) is 13.2 Å². The lowest BCUT2D eigenvalue weighted by Gasteiger charge is -2.33. The summed E-state index contributed by atoms with van der Waals surface area (Å²) >= 11 is 0. The Morgan fingerprint density at radius 1 is 0.545 bits per heavy atom. The molecule has 2 aliphatic heterocycles. The quantitative estimate of drug-likeness (QED) is 0.0623. The van der Waals surface area contributed by atoms with E-state index in [1.807, 2.05) is 19.1 Å². The van der Waals surface area contributed by atoms with Gasteiger partial charge in [-0.25, -0.2) is 0 Å². The second kappa shape index (κ2) is 13.0. The normalized spacial score (nSPS) is 18.7. The molecule has 0 spiro atoms. The smallest absolute Gasteiger partial charge is 0.189 e. The molecule has 6 nitrogen and oxygen atoms in total. The number of ether oxygens (including phenoxy) is 6. The molecule has 3 atom stereocenters. The first-order valence-electron chi connectivity index (χ1n) is 15.5. The van der Waals surface area contributed by atoms with E-state index in [0.29, 0.717) is 19.8 Å². The van der Waals surface area contributed by atoms with Crippen LogP contribution in [0.2, 0.25) is 0 Å². The summed E-state index contributed by atoms with van der Waals surface area (Å²) in [5.74, 6) is 2.50. The molecule has 2 heterocycles. The molecular formula is C38H42O6. The van der Waals surface area contributed by atoms with E-state index in [-0.39, 0.29) is 24.4 Å². The van der Waals surface area contributed by atoms with Crippen LogP contribution >= 0.6 is 0 Å². The molecule has 0 bridgehead atoms. The van der Waals surface area contributed by atoms with Gasteiger partial charge in [0.25, 0.3) is 0 Å². The highest BCUT2D eigenvalue weighted by Gasteiger charge is 2.33. The second-order valence-electron chi connectivity index (χ2n) is 12.2. The van der Waals surface area contributed by atoms with Crippen LogP contribution < -0.4 is 14.2 Å². The average molecular weight is 595 g/mol. The lowest BCUT2D eigenvalue weighted by Crippen LogP contribution is -2.26. The third kappa shape index (κ3) is 6.94. The molecule has 0 aliphatic carbocycles. The first kappa shape index (κ1) is 30.2. The van der Waals surface area contributed by atoms with Crippen molar-refractivity contribution in [2.24, 2.45) is 0 Å². The largest absolute Gasteiger partial charge is 0.491 e. The summed E-state index contributed by atoms with van der Waals surface area (Å²) in [7, 11) is 0. The molecule has 2 saturated heterocycles. The van der Waals surface area contributed by atoms with E-state index in [0.717, 1.165) is 30.5 Å². The predicted octanol–water partition coefficient (Wildman–Crippen LogP) is 7.29. The molecule has 0 radical (unpaired) electrons. The molecule has 6 heteroatoms. The van der Waals surface area contributed by atoms with Crippen LogP contribution in [-0.2, 0) is 25.0 Å². The number of epoxide rings is 2. The molecule has 0 aromatic heterocycles. The van der Waals surface area contributed by atoms with Crippen LogP contribution in [0.15, 0.2) is 97.1 Å². The first-order chi connectivity index (χ1) is 21.4. The fourth-order valence-corrected chi connectivity index (χ4v) is 5.52. The van der Waals surface area contributed by atoms with Gasteiger partial charge >= 0.3 is 0 Å². The van der Waals surface area contributed by atoms with Crippen molar-refractivity contribution in [3.8, 4) is 17.2 Å². The van der Waals surface area contributed by atoms with Crippen molar-refractivity contribution in [1.82, 2.24) is 0 Å². The lowest BCUT2D eigenvalue weighted by atomic mass is 9.70. The molecule has 2 fully saturated rings. The highest BCUT2D eigenvalue weighted by Crippen LogP contribution is 2.41. The molecular weight excluding hydrogens is 552 g/mol. The molecule has 4 aromatic rings. The predicted molar refractivity (Wildman–Crippen MR) is 171 cm³/mol. The van der Waals surface area contributed by atoms with Gasteiger partial charge in [-0.3, -0.25) is 0 Å². The molecule has 0 saturated carbocycles. The van der Waals surface area contributed by atoms with Crippen LogP contribution in [0.5, 0.6) is 17.2 Å². The molecule has 3 unspecified atom stereocenters. The van der Waals surface area contributed by atoms with Gasteiger partial charge in [-0.15, -0.1) is 0 Å². The zero-order valence-corrected chi connectivity index (χ0v) is 26.1. The Balaban J connectivity index is 1.26. The zero-order chi connectivity index (χ0) is 30.6. The van der Waals surface area contributed by atoms with E-state index in [2.05, 4.69) is 106 Å². The van der Waals surface area contributed by atoms with Gasteiger partial charge in [0.1, 0.15) is 42.7 Å². The molecule has 6 rings (SSSR count). The van der Waals surface area contributed by atoms with Crippen LogP contribution in [-0.4, -0.2) is 52.0 Å². The van der Waals surface area contributed by atoms with Crippen molar-refractivity contribution in [1.29, 1.82) is 0 Å². The Labute approximate surface area is 260 Å². The number of benzene rings is 4. The Morgan fingerprint density at radius 2 is 0.886 bits per heavy atom. The van der Waals surface area contributed by atoms with Crippen LogP contribution in [0.4, 0.5) is 0 Å². The van der Waals surface area contributed by atoms with Gasteiger partial charge in [0.2, 0.25) is 0 Å². The van der Waals surface area contributed by atoms with Crippen molar-refractivity contribution in [2.45, 2.75) is 50.7 Å². The Morgan fingerprint density at radius 3 is 1.27 bits per heavy atom. The molecule has 230 valence electrons. The highest BCUT2D eigenvalue weighted by molar-refractivity contribution is 5.52. The molecule has 2 aliphatic rings. The van der Waals surface area contributed by atoms with E-state index >= 15 is 0 Å². The highest BCUT2D eigenvalue weighted by atomic mass is 16.7. The summed E-state index contributed by atoms with van der Waals surface area (Å²) in [6.45, 7) is 12.4. The van der Waals surface area contributed by atoms with Crippen molar-refractivity contribution < 1.29 is 28.4 Å². The average Bonchev–Trinajstić information content (AvgIpc) is 4.00. The van der Waals surface area contributed by atoms with Crippen LogP contribution in [0.25, 0.3) is 0 Å². The minimum absolute atomic E-state index is 0.184. The summed E-state index contributed by atoms with van der Waals surface area (Å²) in [5.41, 5.74) is 5.42. The topological polar surface area (TPSA) is 62.0 Å². The SMILES string of the molecule is CCOCOc1ccc(C(C)(c2ccc(OCC3CO3)cc2)c2ccc(C(C)(C)c3ccc(OCC4CO4)cc3)cc2)cc1. The number of hydrogen-bond acceptors (Lipinski definition) is 6. The maximum Gasteiger partial charge on any atom is 0.189 e.